The molecule has 1 heterocycles. The maximum Gasteiger partial charge on any atom is 0.253 e. The number of rotatable bonds is 3. The Balaban J connectivity index is 0.00000144. The molecule has 100 valence electrons. The zero-order valence-electron chi connectivity index (χ0n) is 10.4. The van der Waals surface area contributed by atoms with E-state index >= 15 is 0 Å². The van der Waals surface area contributed by atoms with Crippen LogP contribution < -0.4 is 5.73 Å². The highest BCUT2D eigenvalue weighted by molar-refractivity contribution is 5.85. The van der Waals surface area contributed by atoms with Gasteiger partial charge in [0.25, 0.3) is 5.91 Å². The molecule has 0 radical (unpaired) electrons. The number of likely N-dealkylation sites (tertiary alicyclic amines) is 1. The van der Waals surface area contributed by atoms with Crippen molar-refractivity contribution in [3.8, 4) is 0 Å². The lowest BCUT2D eigenvalue weighted by Crippen LogP contribution is -2.52. The third-order valence-corrected chi connectivity index (χ3v) is 4.05. The summed E-state index contributed by atoms with van der Waals surface area (Å²) in [5, 5.41) is 0. The topological polar surface area (TPSA) is 55.6 Å². The molecule has 5 heteroatoms. The van der Waals surface area contributed by atoms with Gasteiger partial charge in [-0.2, -0.15) is 0 Å². The second-order valence-corrected chi connectivity index (χ2v) is 4.89. The molecule has 3 atom stereocenters. The van der Waals surface area contributed by atoms with Gasteiger partial charge >= 0.3 is 0 Å². The molecule has 17 heavy (non-hydrogen) atoms. The van der Waals surface area contributed by atoms with E-state index in [1.165, 1.54) is 19.3 Å². The Morgan fingerprint density at radius 3 is 2.76 bits per heavy atom. The van der Waals surface area contributed by atoms with Gasteiger partial charge in [-0.3, -0.25) is 4.79 Å². The predicted molar refractivity (Wildman–Crippen MR) is 69.2 cm³/mol. The lowest BCUT2D eigenvalue weighted by Gasteiger charge is -2.39. The zero-order valence-corrected chi connectivity index (χ0v) is 11.2. The molecular formula is C12H23ClN2O2. The molecule has 0 aromatic rings. The van der Waals surface area contributed by atoms with E-state index in [0.29, 0.717) is 6.04 Å². The van der Waals surface area contributed by atoms with E-state index in [-0.39, 0.29) is 24.9 Å². The molecular weight excluding hydrogens is 240 g/mol. The van der Waals surface area contributed by atoms with Gasteiger partial charge in [0, 0.05) is 26.2 Å². The van der Waals surface area contributed by atoms with Crippen LogP contribution in [0.3, 0.4) is 0 Å². The van der Waals surface area contributed by atoms with Crippen molar-refractivity contribution < 1.29 is 9.53 Å². The van der Waals surface area contributed by atoms with Gasteiger partial charge in [-0.05, 0) is 31.6 Å². The quantitative estimate of drug-likeness (QED) is 0.831. The highest BCUT2D eigenvalue weighted by atomic mass is 35.5. The van der Waals surface area contributed by atoms with Gasteiger partial charge in [0.15, 0.2) is 0 Å². The molecule has 1 saturated carbocycles. The maximum atomic E-state index is 12.2. The Hall–Kier alpha value is -0.320. The summed E-state index contributed by atoms with van der Waals surface area (Å²) in [6.45, 7) is 1.17. The number of halogens is 1. The van der Waals surface area contributed by atoms with Crippen molar-refractivity contribution in [1.82, 2.24) is 4.90 Å². The van der Waals surface area contributed by atoms with Crippen LogP contribution in [0, 0.1) is 5.92 Å². The Morgan fingerprint density at radius 1 is 1.41 bits per heavy atom. The normalized spacial score (nSPS) is 29.4. The van der Waals surface area contributed by atoms with Crippen LogP contribution in [0.15, 0.2) is 0 Å². The van der Waals surface area contributed by atoms with Crippen LogP contribution in [0.4, 0.5) is 0 Å². The van der Waals surface area contributed by atoms with Crippen LogP contribution in [-0.4, -0.2) is 43.2 Å². The third kappa shape index (κ3) is 2.92. The van der Waals surface area contributed by atoms with Crippen molar-refractivity contribution in [2.45, 2.75) is 44.2 Å². The van der Waals surface area contributed by atoms with Crippen LogP contribution in [0.2, 0.25) is 0 Å². The summed E-state index contributed by atoms with van der Waals surface area (Å²) in [7, 11) is 1.56. The molecule has 0 bridgehead atoms. The number of fused-ring (bicyclic) bond motifs is 1. The summed E-state index contributed by atoms with van der Waals surface area (Å²) in [6.07, 6.45) is 5.69. The Kier molecular flexibility index (Phi) is 5.70. The fraction of sp³-hybridized carbons (Fsp3) is 0.917. The predicted octanol–water partition coefficient (Wildman–Crippen LogP) is 1.17. The first-order valence-corrected chi connectivity index (χ1v) is 6.31. The van der Waals surface area contributed by atoms with Gasteiger partial charge in [0.1, 0.15) is 6.10 Å². The minimum Gasteiger partial charge on any atom is -0.370 e. The number of amides is 1. The summed E-state index contributed by atoms with van der Waals surface area (Å²) in [4.78, 5) is 14.3. The number of methoxy groups -OCH3 is 1. The number of hydrogen-bond acceptors (Lipinski definition) is 3. The van der Waals surface area contributed by atoms with Gasteiger partial charge in [0.2, 0.25) is 0 Å². The lowest BCUT2D eigenvalue weighted by molar-refractivity contribution is -0.146. The number of nitrogens with zero attached hydrogens (tertiary/aromatic N) is 1. The molecule has 2 N–H and O–H groups in total. The summed E-state index contributed by atoms with van der Waals surface area (Å²) in [5.41, 5.74) is 5.56. The lowest BCUT2D eigenvalue weighted by atomic mass is 9.91. The van der Waals surface area contributed by atoms with Crippen LogP contribution in [0.1, 0.15) is 32.1 Å². The second-order valence-electron chi connectivity index (χ2n) is 4.89. The SMILES string of the molecule is COC(CN)C(=O)N1CCCC2CCCC21.Cl. The molecule has 0 spiro atoms. The van der Waals surface area contributed by atoms with E-state index < -0.39 is 6.10 Å². The van der Waals surface area contributed by atoms with Crippen molar-refractivity contribution in [2.24, 2.45) is 11.7 Å². The molecule has 1 amide bonds. The van der Waals surface area contributed by atoms with E-state index in [2.05, 4.69) is 0 Å². The Labute approximate surface area is 109 Å². The van der Waals surface area contributed by atoms with Crippen molar-refractivity contribution in [3.05, 3.63) is 0 Å². The van der Waals surface area contributed by atoms with E-state index in [1.54, 1.807) is 7.11 Å². The largest absolute Gasteiger partial charge is 0.370 e. The molecule has 1 saturated heterocycles. The fourth-order valence-corrected chi connectivity index (χ4v) is 3.21. The van der Waals surface area contributed by atoms with E-state index in [0.717, 1.165) is 25.3 Å². The number of nitrogens with two attached hydrogens (primary N) is 1. The van der Waals surface area contributed by atoms with Gasteiger partial charge in [-0.1, -0.05) is 6.42 Å². The van der Waals surface area contributed by atoms with Crippen LogP contribution in [-0.2, 0) is 9.53 Å². The molecule has 2 fully saturated rings. The maximum absolute atomic E-state index is 12.2. The van der Waals surface area contributed by atoms with E-state index in [1.807, 2.05) is 4.90 Å². The van der Waals surface area contributed by atoms with Crippen LogP contribution in [0.25, 0.3) is 0 Å². The Bertz CT molecular complexity index is 259. The van der Waals surface area contributed by atoms with Crippen LogP contribution in [0.5, 0.6) is 0 Å². The monoisotopic (exact) mass is 262 g/mol. The van der Waals surface area contributed by atoms with Crippen molar-refractivity contribution in [2.75, 3.05) is 20.2 Å². The van der Waals surface area contributed by atoms with Crippen LogP contribution >= 0.6 is 12.4 Å². The molecule has 3 unspecified atom stereocenters. The zero-order chi connectivity index (χ0) is 11.5. The number of piperidine rings is 1. The minimum absolute atomic E-state index is 0. The first-order valence-electron chi connectivity index (χ1n) is 6.31. The summed E-state index contributed by atoms with van der Waals surface area (Å²) in [5.74, 6) is 0.828. The summed E-state index contributed by atoms with van der Waals surface area (Å²) in [6, 6.07) is 0.463. The molecule has 0 aromatic carbocycles. The number of carbonyl (C=O) groups is 1. The highest BCUT2D eigenvalue weighted by Crippen LogP contribution is 2.36. The second kappa shape index (κ2) is 6.57. The number of carbonyl (C=O) groups excluding carboxylic acids is 1. The smallest absolute Gasteiger partial charge is 0.253 e. The third-order valence-electron chi connectivity index (χ3n) is 4.05. The van der Waals surface area contributed by atoms with Gasteiger partial charge in [-0.15, -0.1) is 12.4 Å². The van der Waals surface area contributed by atoms with E-state index in [4.69, 9.17) is 10.5 Å². The highest BCUT2D eigenvalue weighted by Gasteiger charge is 2.38. The summed E-state index contributed by atoms with van der Waals surface area (Å²) < 4.78 is 5.15. The van der Waals surface area contributed by atoms with Crippen molar-refractivity contribution in [3.63, 3.8) is 0 Å². The molecule has 1 aliphatic heterocycles. The standard InChI is InChI=1S/C12H22N2O2.ClH/c1-16-11(8-13)12(15)14-7-3-5-9-4-2-6-10(9)14;/h9-11H,2-8,13H2,1H3;1H. The first kappa shape index (κ1) is 14.7. The molecule has 2 aliphatic rings. The average Bonchev–Trinajstić information content (AvgIpc) is 2.78. The average molecular weight is 263 g/mol. The van der Waals surface area contributed by atoms with Crippen molar-refractivity contribution in [1.29, 1.82) is 0 Å². The molecule has 0 aromatic heterocycles. The molecule has 4 nitrogen and oxygen atoms in total. The van der Waals surface area contributed by atoms with Gasteiger partial charge in [0.05, 0.1) is 0 Å². The fourth-order valence-electron chi connectivity index (χ4n) is 3.21. The molecule has 2 rings (SSSR count). The first-order chi connectivity index (χ1) is 7.77. The summed E-state index contributed by atoms with van der Waals surface area (Å²) >= 11 is 0. The molecule has 1 aliphatic carbocycles. The van der Waals surface area contributed by atoms with E-state index in [9.17, 15) is 4.79 Å². The minimum atomic E-state index is -0.445. The number of hydrogen-bond donors (Lipinski definition) is 1. The van der Waals surface area contributed by atoms with Gasteiger partial charge < -0.3 is 15.4 Å². The van der Waals surface area contributed by atoms with Gasteiger partial charge in [-0.25, -0.2) is 0 Å². The Morgan fingerprint density at radius 2 is 2.12 bits per heavy atom. The van der Waals surface area contributed by atoms with Crippen molar-refractivity contribution >= 4 is 18.3 Å². The number of ether oxygens (including phenoxy) is 1.